The predicted octanol–water partition coefficient (Wildman–Crippen LogP) is 2.62. The van der Waals surface area contributed by atoms with Crippen LogP contribution < -0.4 is 0 Å². The number of aliphatic hydroxyl groups excluding tert-OH is 1. The van der Waals surface area contributed by atoms with E-state index in [2.05, 4.69) is 5.10 Å². The number of aromatic nitrogens is 2. The van der Waals surface area contributed by atoms with Crippen molar-refractivity contribution in [2.75, 3.05) is 6.54 Å². The van der Waals surface area contributed by atoms with E-state index >= 15 is 0 Å². The summed E-state index contributed by atoms with van der Waals surface area (Å²) in [4.78, 5) is 26.4. The van der Waals surface area contributed by atoms with Gasteiger partial charge in [-0.1, -0.05) is 18.2 Å². The molecule has 1 fully saturated rings. The molecule has 1 aromatic heterocycles. The lowest BCUT2D eigenvalue weighted by Gasteiger charge is -2.24. The van der Waals surface area contributed by atoms with E-state index in [0.29, 0.717) is 17.0 Å². The van der Waals surface area contributed by atoms with Gasteiger partial charge in [0.25, 0.3) is 11.7 Å². The molecule has 0 bridgehead atoms. The molecule has 1 atom stereocenters. The summed E-state index contributed by atoms with van der Waals surface area (Å²) in [5, 5.41) is 15.2. The maximum absolute atomic E-state index is 14.4. The molecular weight excluding hydrogens is 337 g/mol. The first kappa shape index (κ1) is 17.8. The lowest BCUT2D eigenvalue weighted by molar-refractivity contribution is -0.139. The van der Waals surface area contributed by atoms with Gasteiger partial charge in [-0.2, -0.15) is 5.10 Å². The molecule has 0 aliphatic carbocycles. The number of ketones is 1. The van der Waals surface area contributed by atoms with Gasteiger partial charge in [0.05, 0.1) is 22.9 Å². The Morgan fingerprint density at radius 3 is 2.46 bits per heavy atom. The van der Waals surface area contributed by atoms with E-state index in [0.717, 1.165) is 0 Å². The van der Waals surface area contributed by atoms with Gasteiger partial charge in [0, 0.05) is 24.8 Å². The normalized spacial score (nSPS) is 19.4. The number of amides is 1. The number of Topliss-reactive ketones (excluding diaryl/α,β-unsaturated/α-hetero) is 1. The standard InChI is InChI=1S/C19H20FN3O3/c1-5-23-16(12-8-6-7-9-13(12)20)15(18(25)19(23)26)17(24)14-10(2)21-22(4)11(14)3/h6-9,16,24H,5H2,1-4H3/b17-15+. The molecule has 1 aliphatic rings. The van der Waals surface area contributed by atoms with E-state index in [9.17, 15) is 19.1 Å². The third-order valence-corrected chi connectivity index (χ3v) is 4.83. The Hall–Kier alpha value is -2.96. The third-order valence-electron chi connectivity index (χ3n) is 4.83. The van der Waals surface area contributed by atoms with Crippen molar-refractivity contribution in [1.82, 2.24) is 14.7 Å². The third kappa shape index (κ3) is 2.51. The summed E-state index contributed by atoms with van der Waals surface area (Å²) < 4.78 is 16.0. The highest BCUT2D eigenvalue weighted by atomic mass is 19.1. The molecule has 3 rings (SSSR count). The van der Waals surface area contributed by atoms with Crippen LogP contribution in [-0.2, 0) is 16.6 Å². The van der Waals surface area contributed by atoms with Gasteiger partial charge in [-0.3, -0.25) is 14.3 Å². The Morgan fingerprint density at radius 2 is 1.92 bits per heavy atom. The Morgan fingerprint density at radius 1 is 1.27 bits per heavy atom. The average Bonchev–Trinajstić information content (AvgIpc) is 3.00. The first-order chi connectivity index (χ1) is 12.3. The second kappa shape index (κ2) is 6.40. The van der Waals surface area contributed by atoms with Crippen molar-refractivity contribution in [3.63, 3.8) is 0 Å². The van der Waals surface area contributed by atoms with E-state index < -0.39 is 23.5 Å². The highest BCUT2D eigenvalue weighted by Gasteiger charge is 2.46. The van der Waals surface area contributed by atoms with Crippen LogP contribution in [0.5, 0.6) is 0 Å². The molecule has 1 saturated heterocycles. The van der Waals surface area contributed by atoms with E-state index in [1.807, 2.05) is 0 Å². The fraction of sp³-hybridized carbons (Fsp3) is 0.316. The van der Waals surface area contributed by atoms with Crippen molar-refractivity contribution in [2.45, 2.75) is 26.8 Å². The van der Waals surface area contributed by atoms with Gasteiger partial charge in [-0.25, -0.2) is 4.39 Å². The number of hydrogen-bond donors (Lipinski definition) is 1. The minimum absolute atomic E-state index is 0.110. The summed E-state index contributed by atoms with van der Waals surface area (Å²) in [6.07, 6.45) is 0. The summed E-state index contributed by atoms with van der Waals surface area (Å²) in [7, 11) is 1.72. The number of benzene rings is 1. The molecule has 0 radical (unpaired) electrons. The van der Waals surface area contributed by atoms with E-state index in [1.54, 1.807) is 38.6 Å². The predicted molar refractivity (Wildman–Crippen MR) is 93.8 cm³/mol. The van der Waals surface area contributed by atoms with E-state index in [4.69, 9.17) is 0 Å². The van der Waals surface area contributed by atoms with Crippen LogP contribution in [0.1, 0.15) is 35.5 Å². The number of likely N-dealkylation sites (N-methyl/N-ethyl adjacent to an activating group) is 1. The number of nitrogens with zero attached hydrogens (tertiary/aromatic N) is 3. The zero-order valence-corrected chi connectivity index (χ0v) is 15.1. The van der Waals surface area contributed by atoms with Crippen LogP contribution in [0.3, 0.4) is 0 Å². The van der Waals surface area contributed by atoms with Gasteiger partial charge in [0.2, 0.25) is 0 Å². The Balaban J connectivity index is 2.30. The Labute approximate surface area is 150 Å². The second-order valence-corrected chi connectivity index (χ2v) is 6.28. The summed E-state index contributed by atoms with van der Waals surface area (Å²) in [6.45, 7) is 5.38. The monoisotopic (exact) mass is 357 g/mol. The minimum Gasteiger partial charge on any atom is -0.507 e. The Kier molecular flexibility index (Phi) is 4.39. The lowest BCUT2D eigenvalue weighted by Crippen LogP contribution is -2.29. The van der Waals surface area contributed by atoms with Crippen LogP contribution in [0.15, 0.2) is 29.8 Å². The van der Waals surface area contributed by atoms with Gasteiger partial charge in [-0.05, 0) is 26.8 Å². The number of aliphatic hydroxyl groups is 1. The van der Waals surface area contributed by atoms with Gasteiger partial charge >= 0.3 is 0 Å². The number of carbonyl (C=O) groups excluding carboxylic acids is 2. The zero-order chi connectivity index (χ0) is 19.2. The molecule has 1 N–H and O–H groups in total. The van der Waals surface area contributed by atoms with Crippen molar-refractivity contribution >= 4 is 17.4 Å². The summed E-state index contributed by atoms with van der Waals surface area (Å²) in [5.41, 5.74) is 1.63. The molecular formula is C19H20FN3O3. The number of rotatable bonds is 3. The first-order valence-electron chi connectivity index (χ1n) is 8.33. The van der Waals surface area contributed by atoms with Crippen LogP contribution in [0.2, 0.25) is 0 Å². The molecule has 7 heteroatoms. The molecule has 0 spiro atoms. The van der Waals surface area contributed by atoms with Crippen LogP contribution in [-0.4, -0.2) is 38.0 Å². The smallest absolute Gasteiger partial charge is 0.295 e. The van der Waals surface area contributed by atoms with Crippen molar-refractivity contribution in [3.8, 4) is 0 Å². The molecule has 2 heterocycles. The Bertz CT molecular complexity index is 946. The number of aryl methyl sites for hydroxylation is 2. The molecule has 26 heavy (non-hydrogen) atoms. The summed E-state index contributed by atoms with van der Waals surface area (Å²) in [6, 6.07) is 4.98. The maximum atomic E-state index is 14.4. The highest BCUT2D eigenvalue weighted by Crippen LogP contribution is 2.40. The second-order valence-electron chi connectivity index (χ2n) is 6.28. The fourth-order valence-electron chi connectivity index (χ4n) is 3.48. The molecule has 136 valence electrons. The highest BCUT2D eigenvalue weighted by molar-refractivity contribution is 6.46. The van der Waals surface area contributed by atoms with Crippen LogP contribution in [0.4, 0.5) is 4.39 Å². The van der Waals surface area contributed by atoms with Crippen LogP contribution >= 0.6 is 0 Å². The maximum Gasteiger partial charge on any atom is 0.295 e. The molecule has 1 aliphatic heterocycles. The van der Waals surface area contributed by atoms with Crippen molar-refractivity contribution in [3.05, 3.63) is 58.2 Å². The topological polar surface area (TPSA) is 75.4 Å². The van der Waals surface area contributed by atoms with E-state index in [-0.39, 0.29) is 23.4 Å². The average molecular weight is 357 g/mol. The van der Waals surface area contributed by atoms with Gasteiger partial charge in [0.1, 0.15) is 11.6 Å². The van der Waals surface area contributed by atoms with Gasteiger partial charge in [0.15, 0.2) is 0 Å². The van der Waals surface area contributed by atoms with Crippen molar-refractivity contribution in [1.29, 1.82) is 0 Å². The van der Waals surface area contributed by atoms with E-state index in [1.165, 1.54) is 23.1 Å². The molecule has 1 amide bonds. The number of carbonyl (C=O) groups is 2. The number of likely N-dealkylation sites (tertiary alicyclic amines) is 1. The van der Waals surface area contributed by atoms with Gasteiger partial charge < -0.3 is 10.0 Å². The molecule has 2 aromatic rings. The molecule has 1 unspecified atom stereocenters. The number of hydrogen-bond acceptors (Lipinski definition) is 4. The van der Waals surface area contributed by atoms with Crippen LogP contribution in [0, 0.1) is 19.7 Å². The number of halogens is 1. The van der Waals surface area contributed by atoms with Crippen molar-refractivity contribution in [2.24, 2.45) is 7.05 Å². The molecule has 0 saturated carbocycles. The zero-order valence-electron chi connectivity index (χ0n) is 15.1. The van der Waals surface area contributed by atoms with Crippen LogP contribution in [0.25, 0.3) is 5.76 Å². The molecule has 6 nitrogen and oxygen atoms in total. The quantitative estimate of drug-likeness (QED) is 0.520. The molecule has 1 aromatic carbocycles. The largest absolute Gasteiger partial charge is 0.507 e. The SMILES string of the molecule is CCN1C(=O)C(=O)/C(=C(/O)c2c(C)nn(C)c2C)C1c1ccccc1F. The van der Waals surface area contributed by atoms with Gasteiger partial charge in [-0.15, -0.1) is 0 Å². The first-order valence-corrected chi connectivity index (χ1v) is 8.33. The minimum atomic E-state index is -0.972. The summed E-state index contributed by atoms with van der Waals surface area (Å²) in [5.74, 6) is -2.43. The fourth-order valence-corrected chi connectivity index (χ4v) is 3.48. The lowest BCUT2D eigenvalue weighted by atomic mass is 9.94. The summed E-state index contributed by atoms with van der Waals surface area (Å²) >= 11 is 0. The van der Waals surface area contributed by atoms with Crippen molar-refractivity contribution < 1.29 is 19.1 Å².